The van der Waals surface area contributed by atoms with Crippen LogP contribution >= 0.6 is 24.0 Å². The summed E-state index contributed by atoms with van der Waals surface area (Å²) in [6.07, 6.45) is -2.98. The summed E-state index contributed by atoms with van der Waals surface area (Å²) in [7, 11) is 0. The zero-order chi connectivity index (χ0) is 25.9. The van der Waals surface area contributed by atoms with Gasteiger partial charge in [0.1, 0.15) is 11.6 Å². The van der Waals surface area contributed by atoms with Gasteiger partial charge in [-0.2, -0.15) is 13.2 Å². The second-order valence-electron chi connectivity index (χ2n) is 7.48. The number of hydrogen-bond acceptors (Lipinski definition) is 5. The molecule has 11 heteroatoms. The Morgan fingerprint density at radius 1 is 1.06 bits per heavy atom. The summed E-state index contributed by atoms with van der Waals surface area (Å²) >= 11 is 6.22. The van der Waals surface area contributed by atoms with Gasteiger partial charge in [-0.3, -0.25) is 14.5 Å². The van der Waals surface area contributed by atoms with E-state index >= 15 is 0 Å². The molecule has 5 nitrogen and oxygen atoms in total. The second kappa shape index (κ2) is 10.5. The number of benzene rings is 3. The lowest BCUT2D eigenvalue weighted by Gasteiger charge is -2.16. The van der Waals surface area contributed by atoms with Gasteiger partial charge in [-0.05, 0) is 66.2 Å². The molecule has 0 saturated carbocycles. The Balaban J connectivity index is 1.39. The van der Waals surface area contributed by atoms with Crippen LogP contribution in [0, 0.1) is 5.82 Å². The molecule has 0 radical (unpaired) electrons. The highest BCUT2D eigenvalue weighted by molar-refractivity contribution is 8.27. The first-order valence-electron chi connectivity index (χ1n) is 10.3. The minimum atomic E-state index is -4.54. The third kappa shape index (κ3) is 6.10. The summed E-state index contributed by atoms with van der Waals surface area (Å²) in [6, 6.07) is 16.2. The molecule has 0 spiro atoms. The maximum Gasteiger partial charge on any atom is 0.416 e. The Kier molecular flexibility index (Phi) is 7.41. The van der Waals surface area contributed by atoms with Crippen molar-refractivity contribution in [3.63, 3.8) is 0 Å². The number of thioether (sulfide) groups is 1. The highest BCUT2D eigenvalue weighted by Gasteiger charge is 2.36. The Morgan fingerprint density at radius 2 is 1.75 bits per heavy atom. The Morgan fingerprint density at radius 3 is 2.42 bits per heavy atom. The molecule has 1 aliphatic heterocycles. The van der Waals surface area contributed by atoms with Crippen molar-refractivity contribution in [2.75, 3.05) is 16.8 Å². The van der Waals surface area contributed by atoms with E-state index in [-0.39, 0.29) is 21.5 Å². The molecule has 1 fully saturated rings. The number of thiocarbonyl (C=S) groups is 1. The van der Waals surface area contributed by atoms with E-state index in [1.165, 1.54) is 36.4 Å². The van der Waals surface area contributed by atoms with Crippen molar-refractivity contribution in [2.24, 2.45) is 0 Å². The number of hydrogen-bond donors (Lipinski definition) is 1. The Bertz CT molecular complexity index is 1340. The Hall–Kier alpha value is -3.70. The molecule has 3 aromatic carbocycles. The molecular formula is C25H16F4N2O3S2. The van der Waals surface area contributed by atoms with E-state index in [2.05, 4.69) is 5.32 Å². The van der Waals surface area contributed by atoms with E-state index in [0.29, 0.717) is 17.0 Å². The molecule has 0 bridgehead atoms. The lowest BCUT2D eigenvalue weighted by atomic mass is 10.1. The van der Waals surface area contributed by atoms with E-state index in [1.807, 2.05) is 0 Å². The van der Waals surface area contributed by atoms with Gasteiger partial charge in [0.05, 0.1) is 16.2 Å². The topological polar surface area (TPSA) is 58.6 Å². The standard InChI is InChI=1S/C25H16F4N2O3S2/c26-17-6-8-18(9-7-17)30-22(32)14-34-20-10-4-15(5-11-20)12-21-23(33)31(24(35)36-21)19-3-1-2-16(13-19)25(27,28)29/h1-13H,14H2,(H,30,32)/b21-12-. The van der Waals surface area contributed by atoms with E-state index in [1.54, 1.807) is 30.3 Å². The average Bonchev–Trinajstić information content (AvgIpc) is 3.12. The number of nitrogens with one attached hydrogen (secondary N) is 1. The molecule has 1 aliphatic rings. The number of amides is 2. The highest BCUT2D eigenvalue weighted by atomic mass is 32.2. The zero-order valence-corrected chi connectivity index (χ0v) is 19.8. The fourth-order valence-corrected chi connectivity index (χ4v) is 4.50. The molecule has 4 rings (SSSR count). The van der Waals surface area contributed by atoms with Crippen molar-refractivity contribution >= 4 is 57.6 Å². The van der Waals surface area contributed by atoms with Gasteiger partial charge in [-0.25, -0.2) is 4.39 Å². The minimum Gasteiger partial charge on any atom is -0.484 e. The number of carbonyl (C=O) groups is 2. The first-order chi connectivity index (χ1) is 17.1. The number of halogens is 4. The van der Waals surface area contributed by atoms with Crippen LogP contribution in [0.25, 0.3) is 6.08 Å². The number of nitrogens with zero attached hydrogens (tertiary/aromatic N) is 1. The summed E-state index contributed by atoms with van der Waals surface area (Å²) in [5, 5.41) is 2.58. The Labute approximate surface area is 212 Å². The fraction of sp³-hybridized carbons (Fsp3) is 0.0800. The quantitative estimate of drug-likeness (QED) is 0.231. The smallest absolute Gasteiger partial charge is 0.416 e. The molecule has 3 aromatic rings. The molecule has 2 amide bonds. The maximum atomic E-state index is 13.1. The normalized spacial score (nSPS) is 14.9. The van der Waals surface area contributed by atoms with Gasteiger partial charge >= 0.3 is 6.18 Å². The number of rotatable bonds is 6. The fourth-order valence-electron chi connectivity index (χ4n) is 3.20. The van der Waals surface area contributed by atoms with Crippen LogP contribution in [-0.4, -0.2) is 22.7 Å². The molecule has 0 aliphatic carbocycles. The van der Waals surface area contributed by atoms with Crippen molar-refractivity contribution in [3.8, 4) is 5.75 Å². The third-order valence-corrected chi connectivity index (χ3v) is 6.20. The van der Waals surface area contributed by atoms with Crippen LogP contribution in [-0.2, 0) is 15.8 Å². The van der Waals surface area contributed by atoms with Crippen LogP contribution in [0.4, 0.5) is 28.9 Å². The van der Waals surface area contributed by atoms with Crippen LogP contribution in [0.1, 0.15) is 11.1 Å². The highest BCUT2D eigenvalue weighted by Crippen LogP contribution is 2.38. The number of alkyl halides is 3. The lowest BCUT2D eigenvalue weighted by molar-refractivity contribution is -0.137. The van der Waals surface area contributed by atoms with E-state index in [4.69, 9.17) is 17.0 Å². The second-order valence-corrected chi connectivity index (χ2v) is 9.15. The summed E-state index contributed by atoms with van der Waals surface area (Å²) < 4.78 is 57.7. The van der Waals surface area contributed by atoms with Crippen molar-refractivity contribution in [1.29, 1.82) is 0 Å². The summed E-state index contributed by atoms with van der Waals surface area (Å²) in [6.45, 7) is -0.271. The average molecular weight is 533 g/mol. The van der Waals surface area contributed by atoms with Gasteiger partial charge in [0.2, 0.25) is 0 Å². The molecule has 0 atom stereocenters. The first kappa shape index (κ1) is 25.4. The third-order valence-electron chi connectivity index (χ3n) is 4.90. The van der Waals surface area contributed by atoms with Crippen LogP contribution in [0.2, 0.25) is 0 Å². The maximum absolute atomic E-state index is 13.1. The van der Waals surface area contributed by atoms with Gasteiger partial charge in [0, 0.05) is 5.69 Å². The molecule has 36 heavy (non-hydrogen) atoms. The summed E-state index contributed by atoms with van der Waals surface area (Å²) in [4.78, 5) is 26.2. The largest absolute Gasteiger partial charge is 0.484 e. The molecule has 1 N–H and O–H groups in total. The molecule has 1 saturated heterocycles. The number of ether oxygens (including phenoxy) is 1. The monoisotopic (exact) mass is 532 g/mol. The molecule has 0 unspecified atom stereocenters. The minimum absolute atomic E-state index is 0.0402. The van der Waals surface area contributed by atoms with E-state index in [0.717, 1.165) is 28.8 Å². The van der Waals surface area contributed by atoms with E-state index < -0.39 is 29.4 Å². The zero-order valence-electron chi connectivity index (χ0n) is 18.2. The number of carbonyl (C=O) groups excluding carboxylic acids is 2. The van der Waals surface area contributed by atoms with Gasteiger partial charge in [0.15, 0.2) is 10.9 Å². The predicted octanol–water partition coefficient (Wildman–Crippen LogP) is 6.27. The molecule has 184 valence electrons. The molecular weight excluding hydrogens is 516 g/mol. The van der Waals surface area contributed by atoms with Crippen LogP contribution < -0.4 is 15.0 Å². The van der Waals surface area contributed by atoms with Crippen molar-refractivity contribution < 1.29 is 31.9 Å². The molecule has 1 heterocycles. The van der Waals surface area contributed by atoms with Gasteiger partial charge in [0.25, 0.3) is 11.8 Å². The van der Waals surface area contributed by atoms with Gasteiger partial charge < -0.3 is 10.1 Å². The SMILES string of the molecule is O=C(COc1ccc(/C=C2\SC(=S)N(c3cccc(C(F)(F)F)c3)C2=O)cc1)Nc1ccc(F)cc1. The molecule has 0 aromatic heterocycles. The summed E-state index contributed by atoms with van der Waals surface area (Å²) in [5.41, 5.74) is 0.226. The van der Waals surface area contributed by atoms with E-state index in [9.17, 15) is 27.2 Å². The van der Waals surface area contributed by atoms with Crippen LogP contribution in [0.3, 0.4) is 0 Å². The van der Waals surface area contributed by atoms with Crippen molar-refractivity contribution in [1.82, 2.24) is 0 Å². The first-order valence-corrected chi connectivity index (χ1v) is 11.6. The van der Waals surface area contributed by atoms with Crippen molar-refractivity contribution in [3.05, 3.63) is 94.6 Å². The van der Waals surface area contributed by atoms with Crippen LogP contribution in [0.5, 0.6) is 5.75 Å². The van der Waals surface area contributed by atoms with Gasteiger partial charge in [-0.15, -0.1) is 0 Å². The van der Waals surface area contributed by atoms with Crippen LogP contribution in [0.15, 0.2) is 77.7 Å². The van der Waals surface area contributed by atoms with Gasteiger partial charge in [-0.1, -0.05) is 42.2 Å². The van der Waals surface area contributed by atoms with Crippen molar-refractivity contribution in [2.45, 2.75) is 6.18 Å². The summed E-state index contributed by atoms with van der Waals surface area (Å²) in [5.74, 6) is -0.966. The predicted molar refractivity (Wildman–Crippen MR) is 134 cm³/mol. The number of anilines is 2. The lowest BCUT2D eigenvalue weighted by Crippen LogP contribution is -2.27.